The number of hydrogen-bond acceptors (Lipinski definition) is 5. The quantitative estimate of drug-likeness (QED) is 0.341. The molecule has 0 saturated carbocycles. The zero-order chi connectivity index (χ0) is 26.0. The van der Waals surface area contributed by atoms with Crippen LogP contribution in [0.25, 0.3) is 6.08 Å². The number of nitrogens with one attached hydrogen (secondary N) is 1. The summed E-state index contributed by atoms with van der Waals surface area (Å²) in [5.41, 5.74) is 0.567. The van der Waals surface area contributed by atoms with Crippen molar-refractivity contribution in [3.05, 3.63) is 98.8 Å². The van der Waals surface area contributed by atoms with Crippen LogP contribution in [0, 0.1) is 5.82 Å². The van der Waals surface area contributed by atoms with Crippen molar-refractivity contribution in [2.75, 3.05) is 4.90 Å². The van der Waals surface area contributed by atoms with Gasteiger partial charge in [-0.25, -0.2) is 18.9 Å². The van der Waals surface area contributed by atoms with Crippen LogP contribution in [0.1, 0.15) is 21.5 Å². The van der Waals surface area contributed by atoms with Crippen molar-refractivity contribution in [1.29, 1.82) is 0 Å². The van der Waals surface area contributed by atoms with Gasteiger partial charge in [-0.3, -0.25) is 14.9 Å². The van der Waals surface area contributed by atoms with Gasteiger partial charge in [0.15, 0.2) is 0 Å². The van der Waals surface area contributed by atoms with Crippen molar-refractivity contribution < 1.29 is 33.4 Å². The molecule has 1 fully saturated rings. The minimum atomic E-state index is -1.07. The Labute approximate surface area is 213 Å². The van der Waals surface area contributed by atoms with Gasteiger partial charge >= 0.3 is 12.0 Å². The van der Waals surface area contributed by atoms with Crippen LogP contribution in [0.2, 0.25) is 10.0 Å². The summed E-state index contributed by atoms with van der Waals surface area (Å²) in [5.74, 6) is -3.43. The molecule has 1 saturated heterocycles. The number of carbonyl (C=O) groups is 4. The van der Waals surface area contributed by atoms with Gasteiger partial charge in [0, 0.05) is 10.6 Å². The molecule has 1 aliphatic heterocycles. The molecule has 0 spiro atoms. The highest BCUT2D eigenvalue weighted by atomic mass is 35.5. The van der Waals surface area contributed by atoms with Gasteiger partial charge in [-0.15, -0.1) is 0 Å². The van der Waals surface area contributed by atoms with Crippen LogP contribution in [0.3, 0.4) is 0 Å². The van der Waals surface area contributed by atoms with E-state index in [1.54, 1.807) is 12.1 Å². The van der Waals surface area contributed by atoms with Crippen molar-refractivity contribution in [3.8, 4) is 5.75 Å². The lowest BCUT2D eigenvalue weighted by Crippen LogP contribution is -2.54. The Kier molecular flexibility index (Phi) is 7.05. The van der Waals surface area contributed by atoms with Crippen molar-refractivity contribution in [2.24, 2.45) is 0 Å². The fourth-order valence-corrected chi connectivity index (χ4v) is 3.94. The van der Waals surface area contributed by atoms with E-state index in [4.69, 9.17) is 33.0 Å². The van der Waals surface area contributed by atoms with Gasteiger partial charge in [-0.1, -0.05) is 35.3 Å². The number of imide groups is 2. The van der Waals surface area contributed by atoms with Crippen LogP contribution in [-0.4, -0.2) is 28.9 Å². The maximum Gasteiger partial charge on any atom is 0.335 e. The van der Waals surface area contributed by atoms with E-state index in [1.807, 2.05) is 0 Å². The third-order valence-electron chi connectivity index (χ3n) is 5.11. The molecule has 0 bridgehead atoms. The minimum Gasteiger partial charge on any atom is -0.487 e. The molecule has 0 unspecified atom stereocenters. The largest absolute Gasteiger partial charge is 0.487 e. The molecule has 182 valence electrons. The number of benzene rings is 3. The maximum absolute atomic E-state index is 13.3. The van der Waals surface area contributed by atoms with Gasteiger partial charge in [0.2, 0.25) is 0 Å². The molecule has 3 aromatic carbocycles. The molecular weight excluding hydrogens is 514 g/mol. The number of amides is 4. The third-order valence-corrected chi connectivity index (χ3v) is 5.61. The fraction of sp³-hybridized carbons (Fsp3) is 0.0400. The zero-order valence-electron chi connectivity index (χ0n) is 18.1. The Morgan fingerprint density at radius 3 is 2.33 bits per heavy atom. The van der Waals surface area contributed by atoms with Crippen LogP contribution >= 0.6 is 23.2 Å². The van der Waals surface area contributed by atoms with Crippen molar-refractivity contribution in [1.82, 2.24) is 5.32 Å². The number of barbiturate groups is 1. The van der Waals surface area contributed by atoms with E-state index >= 15 is 0 Å². The minimum absolute atomic E-state index is 0.0161. The number of anilines is 1. The van der Waals surface area contributed by atoms with Gasteiger partial charge in [-0.05, 0) is 60.2 Å². The average molecular weight is 529 g/mol. The topological polar surface area (TPSA) is 113 Å². The second kappa shape index (κ2) is 10.2. The normalized spacial score (nSPS) is 14.7. The molecule has 0 radical (unpaired) electrons. The van der Waals surface area contributed by atoms with Gasteiger partial charge in [0.1, 0.15) is 23.7 Å². The highest BCUT2D eigenvalue weighted by molar-refractivity contribution is 6.40. The molecule has 1 aliphatic rings. The van der Waals surface area contributed by atoms with Crippen LogP contribution in [0.15, 0.2) is 66.2 Å². The van der Waals surface area contributed by atoms with E-state index < -0.39 is 35.2 Å². The van der Waals surface area contributed by atoms with Crippen LogP contribution < -0.4 is 15.0 Å². The number of hydrogen-bond donors (Lipinski definition) is 2. The maximum atomic E-state index is 13.3. The SMILES string of the molecule is O=C1NC(=O)N(c2ccc(F)cc2)C(=O)/C1=C/c1cc(Cl)cc(Cl)c1OCc1ccc(C(=O)O)cc1. The Hall–Kier alpha value is -4.21. The van der Waals surface area contributed by atoms with E-state index in [2.05, 4.69) is 5.32 Å². The second-order valence-corrected chi connectivity index (χ2v) is 8.37. The van der Waals surface area contributed by atoms with Crippen LogP contribution in [0.4, 0.5) is 14.9 Å². The van der Waals surface area contributed by atoms with E-state index in [1.165, 1.54) is 42.5 Å². The number of rotatable bonds is 6. The summed E-state index contributed by atoms with van der Waals surface area (Å²) in [7, 11) is 0. The van der Waals surface area contributed by atoms with Gasteiger partial charge in [0.05, 0.1) is 16.3 Å². The Morgan fingerprint density at radius 2 is 1.69 bits per heavy atom. The molecule has 4 amide bonds. The lowest BCUT2D eigenvalue weighted by Gasteiger charge is -2.26. The van der Waals surface area contributed by atoms with E-state index in [0.717, 1.165) is 12.1 Å². The molecule has 8 nitrogen and oxygen atoms in total. The summed E-state index contributed by atoms with van der Waals surface area (Å²) in [6, 6.07) is 12.4. The van der Waals surface area contributed by atoms with Crippen LogP contribution in [-0.2, 0) is 16.2 Å². The molecule has 0 aliphatic carbocycles. The van der Waals surface area contributed by atoms with Crippen molar-refractivity contribution in [2.45, 2.75) is 6.61 Å². The van der Waals surface area contributed by atoms with Gasteiger partial charge in [-0.2, -0.15) is 0 Å². The number of carboxylic acids is 1. The van der Waals surface area contributed by atoms with Crippen molar-refractivity contribution in [3.63, 3.8) is 0 Å². The molecular formula is C25H15Cl2FN2O6. The van der Waals surface area contributed by atoms with Crippen LogP contribution in [0.5, 0.6) is 5.75 Å². The second-order valence-electron chi connectivity index (χ2n) is 7.53. The fourth-order valence-electron chi connectivity index (χ4n) is 3.38. The summed E-state index contributed by atoms with van der Waals surface area (Å²) >= 11 is 12.4. The predicted molar refractivity (Wildman–Crippen MR) is 130 cm³/mol. The molecule has 11 heteroatoms. The summed E-state index contributed by atoms with van der Waals surface area (Å²) < 4.78 is 19.1. The number of nitrogens with zero attached hydrogens (tertiary/aromatic N) is 1. The Balaban J connectivity index is 1.67. The van der Waals surface area contributed by atoms with E-state index in [9.17, 15) is 23.6 Å². The lowest BCUT2D eigenvalue weighted by molar-refractivity contribution is -0.122. The van der Waals surface area contributed by atoms with E-state index in [0.29, 0.717) is 10.5 Å². The monoisotopic (exact) mass is 528 g/mol. The number of ether oxygens (including phenoxy) is 1. The lowest BCUT2D eigenvalue weighted by atomic mass is 10.1. The first-order chi connectivity index (χ1) is 17.1. The summed E-state index contributed by atoms with van der Waals surface area (Å²) in [5, 5.41) is 11.4. The Bertz CT molecular complexity index is 1420. The molecule has 1 heterocycles. The summed E-state index contributed by atoms with van der Waals surface area (Å²) in [6.07, 6.45) is 1.18. The highest BCUT2D eigenvalue weighted by Gasteiger charge is 2.37. The summed E-state index contributed by atoms with van der Waals surface area (Å²) in [4.78, 5) is 49.7. The summed E-state index contributed by atoms with van der Waals surface area (Å²) in [6.45, 7) is -0.0161. The smallest absolute Gasteiger partial charge is 0.335 e. The number of aromatic carboxylic acids is 1. The Morgan fingerprint density at radius 1 is 1.03 bits per heavy atom. The molecule has 2 N–H and O–H groups in total. The molecule has 4 rings (SSSR count). The van der Waals surface area contributed by atoms with E-state index in [-0.39, 0.29) is 39.2 Å². The standard InChI is InChI=1S/C25H15Cl2FN2O6/c26-16-9-15(21(20(27)11-16)36-12-13-1-3-14(4-2-13)24(33)34)10-19-22(31)29-25(35)30(23(19)32)18-7-5-17(28)6-8-18/h1-11H,12H2,(H,33,34)(H,29,31,35)/b19-10+. The highest BCUT2D eigenvalue weighted by Crippen LogP contribution is 2.35. The molecule has 0 aromatic heterocycles. The molecule has 36 heavy (non-hydrogen) atoms. The predicted octanol–water partition coefficient (Wildman–Crippen LogP) is 5.08. The van der Waals surface area contributed by atoms with Gasteiger partial charge in [0.25, 0.3) is 11.8 Å². The number of carboxylic acid groups (broad SMARTS) is 1. The third kappa shape index (κ3) is 5.22. The zero-order valence-corrected chi connectivity index (χ0v) is 19.6. The first kappa shape index (κ1) is 24.9. The molecule has 0 atom stereocenters. The first-order valence-electron chi connectivity index (χ1n) is 10.2. The number of carbonyl (C=O) groups excluding carboxylic acids is 3. The molecule has 3 aromatic rings. The van der Waals surface area contributed by atoms with Gasteiger partial charge < -0.3 is 9.84 Å². The average Bonchev–Trinajstić information content (AvgIpc) is 2.82. The van der Waals surface area contributed by atoms with Crippen molar-refractivity contribution >= 4 is 58.8 Å². The number of halogens is 3. The first-order valence-corrected chi connectivity index (χ1v) is 11.0. The number of urea groups is 1.